The Kier molecular flexibility index (Phi) is 5.80. The highest BCUT2D eigenvalue weighted by atomic mass is 35.5. The zero-order chi connectivity index (χ0) is 12.5. The molecule has 2 aromatic rings. The maximum absolute atomic E-state index is 11.9. The Hall–Kier alpha value is -1.30. The van der Waals surface area contributed by atoms with Gasteiger partial charge in [-0.2, -0.15) is 0 Å². The summed E-state index contributed by atoms with van der Waals surface area (Å²) < 4.78 is 1.83. The van der Waals surface area contributed by atoms with Crippen LogP contribution in [0.25, 0.3) is 5.65 Å². The predicted octanol–water partition coefficient (Wildman–Crippen LogP) is 1.65. The molecule has 0 aliphatic heterocycles. The Morgan fingerprint density at radius 2 is 2.20 bits per heavy atom. The van der Waals surface area contributed by atoms with Gasteiger partial charge in [0.05, 0.1) is 0 Å². The summed E-state index contributed by atoms with van der Waals surface area (Å²) in [6.07, 6.45) is 5.97. The van der Waals surface area contributed by atoms with Crippen LogP contribution in [0.4, 0.5) is 0 Å². The van der Waals surface area contributed by atoms with E-state index in [-0.39, 0.29) is 36.8 Å². The average molecular weight is 317 g/mol. The number of pyridine rings is 1. The fourth-order valence-electron chi connectivity index (χ4n) is 2.04. The van der Waals surface area contributed by atoms with Gasteiger partial charge in [0.2, 0.25) is 0 Å². The van der Waals surface area contributed by atoms with E-state index in [1.54, 1.807) is 6.20 Å². The van der Waals surface area contributed by atoms with E-state index in [0.717, 1.165) is 5.65 Å². The second-order valence-corrected chi connectivity index (χ2v) is 4.80. The molecule has 1 unspecified atom stereocenters. The lowest BCUT2D eigenvalue weighted by atomic mass is 10.2. The molecule has 0 bridgehead atoms. The summed E-state index contributed by atoms with van der Waals surface area (Å²) in [5, 5.41) is 2.84. The smallest absolute Gasteiger partial charge is 0.271 e. The van der Waals surface area contributed by atoms with Gasteiger partial charge in [0.1, 0.15) is 11.3 Å². The summed E-state index contributed by atoms with van der Waals surface area (Å²) in [5.74, 6) is 0.432. The number of carbonyl (C=O) groups excluding carboxylic acids is 1. The fraction of sp³-hybridized carbons (Fsp3) is 0.385. The van der Waals surface area contributed by atoms with Gasteiger partial charge in [-0.1, -0.05) is 6.07 Å². The molecule has 110 valence electrons. The molecule has 1 saturated carbocycles. The highest BCUT2D eigenvalue weighted by Gasteiger charge is 2.28. The van der Waals surface area contributed by atoms with Crippen LogP contribution in [0.5, 0.6) is 0 Å². The maximum Gasteiger partial charge on any atom is 0.271 e. The minimum Gasteiger partial charge on any atom is -0.349 e. The molecular formula is C13H18Cl2N4O. The molecule has 1 aliphatic rings. The average Bonchev–Trinajstić information content (AvgIpc) is 3.14. The first-order valence-electron chi connectivity index (χ1n) is 6.21. The number of fused-ring (bicyclic) bond motifs is 1. The molecule has 1 fully saturated rings. The number of amides is 1. The van der Waals surface area contributed by atoms with Crippen LogP contribution in [0, 0.1) is 5.92 Å². The molecule has 0 aromatic carbocycles. The Bertz CT molecular complexity index is 550. The summed E-state index contributed by atoms with van der Waals surface area (Å²) >= 11 is 0. The third kappa shape index (κ3) is 3.62. The van der Waals surface area contributed by atoms with Crippen molar-refractivity contribution >= 4 is 36.4 Å². The minimum atomic E-state index is -0.158. The van der Waals surface area contributed by atoms with Crippen molar-refractivity contribution in [3.8, 4) is 0 Å². The lowest BCUT2D eigenvalue weighted by Gasteiger charge is -2.10. The SMILES string of the molecule is Cl.Cl.NC(CNC(=O)c1cn2ccccc2n1)C1CC1. The number of aromatic nitrogens is 2. The molecular weight excluding hydrogens is 299 g/mol. The minimum absolute atomic E-state index is 0. The Labute approximate surface area is 129 Å². The summed E-state index contributed by atoms with van der Waals surface area (Å²) in [5.41, 5.74) is 7.15. The molecule has 7 heteroatoms. The largest absolute Gasteiger partial charge is 0.349 e. The van der Waals surface area contributed by atoms with E-state index in [0.29, 0.717) is 18.2 Å². The van der Waals surface area contributed by atoms with Gasteiger partial charge < -0.3 is 15.5 Å². The van der Waals surface area contributed by atoms with Crippen molar-refractivity contribution in [3.63, 3.8) is 0 Å². The van der Waals surface area contributed by atoms with E-state index < -0.39 is 0 Å². The molecule has 3 N–H and O–H groups in total. The molecule has 0 saturated heterocycles. The molecule has 1 aliphatic carbocycles. The number of rotatable bonds is 4. The maximum atomic E-state index is 11.9. The van der Waals surface area contributed by atoms with Crippen molar-refractivity contribution in [1.29, 1.82) is 0 Å². The van der Waals surface area contributed by atoms with Gasteiger partial charge in [-0.3, -0.25) is 4.79 Å². The van der Waals surface area contributed by atoms with Crippen LogP contribution in [0.15, 0.2) is 30.6 Å². The van der Waals surface area contributed by atoms with E-state index in [4.69, 9.17) is 5.73 Å². The number of nitrogens with two attached hydrogens (primary N) is 1. The predicted molar refractivity (Wildman–Crippen MR) is 82.7 cm³/mol. The molecule has 1 amide bonds. The van der Waals surface area contributed by atoms with E-state index in [1.807, 2.05) is 28.8 Å². The van der Waals surface area contributed by atoms with E-state index in [9.17, 15) is 4.79 Å². The fourth-order valence-corrected chi connectivity index (χ4v) is 2.04. The van der Waals surface area contributed by atoms with E-state index in [1.165, 1.54) is 12.8 Å². The van der Waals surface area contributed by atoms with Crippen LogP contribution in [0.2, 0.25) is 0 Å². The van der Waals surface area contributed by atoms with Crippen molar-refractivity contribution in [1.82, 2.24) is 14.7 Å². The van der Waals surface area contributed by atoms with Crippen LogP contribution >= 0.6 is 24.8 Å². The van der Waals surface area contributed by atoms with Crippen LogP contribution in [-0.2, 0) is 0 Å². The summed E-state index contributed by atoms with van der Waals surface area (Å²) in [6.45, 7) is 0.525. The molecule has 20 heavy (non-hydrogen) atoms. The van der Waals surface area contributed by atoms with Crippen molar-refractivity contribution in [2.75, 3.05) is 6.54 Å². The van der Waals surface area contributed by atoms with Gasteiger partial charge >= 0.3 is 0 Å². The van der Waals surface area contributed by atoms with Gasteiger partial charge in [-0.25, -0.2) is 4.98 Å². The lowest BCUT2D eigenvalue weighted by molar-refractivity contribution is 0.0946. The number of carbonyl (C=O) groups is 1. The van der Waals surface area contributed by atoms with Gasteiger partial charge in [0.25, 0.3) is 5.91 Å². The molecule has 3 rings (SSSR count). The van der Waals surface area contributed by atoms with Crippen molar-refractivity contribution < 1.29 is 4.79 Å². The molecule has 2 aromatic heterocycles. The second kappa shape index (κ2) is 6.92. The first-order chi connectivity index (χ1) is 8.74. The highest BCUT2D eigenvalue weighted by molar-refractivity contribution is 5.92. The Morgan fingerprint density at radius 1 is 1.45 bits per heavy atom. The van der Waals surface area contributed by atoms with Crippen molar-refractivity contribution in [2.24, 2.45) is 11.7 Å². The second-order valence-electron chi connectivity index (χ2n) is 4.80. The monoisotopic (exact) mass is 316 g/mol. The standard InChI is InChI=1S/C13H16N4O.2ClH/c14-10(9-4-5-9)7-15-13(18)11-8-17-6-2-1-3-12(17)16-11;;/h1-3,6,8-10H,4-5,7,14H2,(H,15,18);2*1H. The Morgan fingerprint density at radius 3 is 2.85 bits per heavy atom. The van der Waals surface area contributed by atoms with Crippen molar-refractivity contribution in [3.05, 3.63) is 36.3 Å². The van der Waals surface area contributed by atoms with Crippen LogP contribution in [0.1, 0.15) is 23.3 Å². The topological polar surface area (TPSA) is 72.4 Å². The molecule has 2 heterocycles. The quantitative estimate of drug-likeness (QED) is 0.900. The number of imidazole rings is 1. The lowest BCUT2D eigenvalue weighted by Crippen LogP contribution is -2.38. The zero-order valence-electron chi connectivity index (χ0n) is 10.9. The van der Waals surface area contributed by atoms with Crippen LogP contribution < -0.4 is 11.1 Å². The number of hydrogen-bond donors (Lipinski definition) is 2. The number of hydrogen-bond acceptors (Lipinski definition) is 3. The van der Waals surface area contributed by atoms with Crippen LogP contribution in [-0.4, -0.2) is 27.9 Å². The van der Waals surface area contributed by atoms with Gasteiger partial charge in [-0.15, -0.1) is 24.8 Å². The third-order valence-corrected chi connectivity index (χ3v) is 3.32. The third-order valence-electron chi connectivity index (χ3n) is 3.32. The van der Waals surface area contributed by atoms with E-state index >= 15 is 0 Å². The first kappa shape index (κ1) is 16.8. The number of nitrogens with one attached hydrogen (secondary N) is 1. The number of halogens is 2. The number of nitrogens with zero attached hydrogens (tertiary/aromatic N) is 2. The van der Waals surface area contributed by atoms with Crippen LogP contribution in [0.3, 0.4) is 0 Å². The van der Waals surface area contributed by atoms with Crippen molar-refractivity contribution in [2.45, 2.75) is 18.9 Å². The molecule has 5 nitrogen and oxygen atoms in total. The van der Waals surface area contributed by atoms with E-state index in [2.05, 4.69) is 10.3 Å². The molecule has 1 atom stereocenters. The van der Waals surface area contributed by atoms with Gasteiger partial charge in [0.15, 0.2) is 0 Å². The van der Waals surface area contributed by atoms with Gasteiger partial charge in [0, 0.05) is 25.0 Å². The summed E-state index contributed by atoms with van der Waals surface area (Å²) in [7, 11) is 0. The molecule has 0 radical (unpaired) electrons. The highest BCUT2D eigenvalue weighted by Crippen LogP contribution is 2.31. The Balaban J connectivity index is 0.000001000. The summed E-state index contributed by atoms with van der Waals surface area (Å²) in [6, 6.07) is 5.74. The molecule has 0 spiro atoms. The normalized spacial score (nSPS) is 15.1. The van der Waals surface area contributed by atoms with Gasteiger partial charge in [-0.05, 0) is 30.9 Å². The zero-order valence-corrected chi connectivity index (χ0v) is 12.5. The summed E-state index contributed by atoms with van der Waals surface area (Å²) in [4.78, 5) is 16.2. The first-order valence-corrected chi connectivity index (χ1v) is 6.21.